The Morgan fingerprint density at radius 2 is 2.04 bits per heavy atom. The molecule has 1 aromatic heterocycles. The number of hydrogen-bond acceptors (Lipinski definition) is 4. The number of aromatic carboxylic acids is 1. The van der Waals surface area contributed by atoms with E-state index in [1.165, 1.54) is 29.0 Å². The molecule has 0 unspecified atom stereocenters. The maximum Gasteiger partial charge on any atom is 0.335 e. The molecular weight excluding hydrogens is 356 g/mol. The highest BCUT2D eigenvalue weighted by atomic mass is 32.2. The number of aromatic nitrogens is 1. The van der Waals surface area contributed by atoms with Gasteiger partial charge in [-0.3, -0.25) is 9.52 Å². The molecule has 138 valence electrons. The van der Waals surface area contributed by atoms with Gasteiger partial charge in [0.05, 0.1) is 16.1 Å². The summed E-state index contributed by atoms with van der Waals surface area (Å²) in [6.45, 7) is 2.41. The summed E-state index contributed by atoms with van der Waals surface area (Å²) in [5.74, 6) is -1.16. The lowest BCUT2D eigenvalue weighted by molar-refractivity contribution is 0.0696. The number of pyridine rings is 1. The molecule has 0 aliphatic heterocycles. The van der Waals surface area contributed by atoms with Crippen LogP contribution < -0.4 is 10.3 Å². The van der Waals surface area contributed by atoms with E-state index in [2.05, 4.69) is 4.72 Å². The Morgan fingerprint density at radius 1 is 1.27 bits per heavy atom. The lowest BCUT2D eigenvalue weighted by Gasteiger charge is -2.14. The van der Waals surface area contributed by atoms with Crippen LogP contribution in [0.4, 0.5) is 5.69 Å². The Bertz CT molecular complexity index is 1020. The van der Waals surface area contributed by atoms with Crippen LogP contribution in [0.15, 0.2) is 40.2 Å². The molecule has 0 amide bonds. The first-order chi connectivity index (χ1) is 12.3. The number of carbonyl (C=O) groups is 1. The van der Waals surface area contributed by atoms with Gasteiger partial charge in [0, 0.05) is 18.8 Å². The molecule has 3 rings (SSSR count). The van der Waals surface area contributed by atoms with Gasteiger partial charge in [-0.15, -0.1) is 0 Å². The van der Waals surface area contributed by atoms with Gasteiger partial charge in [-0.05, 0) is 55.0 Å². The molecular formula is C18H20N2O5S. The zero-order valence-electron chi connectivity index (χ0n) is 14.4. The van der Waals surface area contributed by atoms with Crippen molar-refractivity contribution in [3.05, 3.63) is 57.5 Å². The molecule has 26 heavy (non-hydrogen) atoms. The van der Waals surface area contributed by atoms with E-state index >= 15 is 0 Å². The number of rotatable bonds is 6. The maximum atomic E-state index is 12.9. The van der Waals surface area contributed by atoms with E-state index in [0.717, 1.165) is 18.4 Å². The van der Waals surface area contributed by atoms with Gasteiger partial charge in [-0.1, -0.05) is 6.92 Å². The Balaban J connectivity index is 2.03. The molecule has 8 heteroatoms. The van der Waals surface area contributed by atoms with Gasteiger partial charge >= 0.3 is 5.97 Å². The summed E-state index contributed by atoms with van der Waals surface area (Å²) < 4.78 is 29.7. The van der Waals surface area contributed by atoms with Crippen LogP contribution in [0.5, 0.6) is 0 Å². The smallest absolute Gasteiger partial charge is 0.335 e. The van der Waals surface area contributed by atoms with Crippen LogP contribution >= 0.6 is 0 Å². The van der Waals surface area contributed by atoms with E-state index in [1.807, 2.05) is 6.92 Å². The van der Waals surface area contributed by atoms with Crippen molar-refractivity contribution in [3.8, 4) is 0 Å². The molecule has 1 aliphatic rings. The average Bonchev–Trinajstić information content (AvgIpc) is 3.05. The number of aryl methyl sites for hydroxylation is 2. The number of fused-ring (bicyclic) bond motifs is 1. The van der Waals surface area contributed by atoms with Crippen LogP contribution in [-0.4, -0.2) is 24.1 Å². The van der Waals surface area contributed by atoms with E-state index in [0.29, 0.717) is 24.9 Å². The molecule has 1 heterocycles. The number of nitrogens with zero attached hydrogens (tertiary/aromatic N) is 1. The van der Waals surface area contributed by atoms with Crippen molar-refractivity contribution in [3.63, 3.8) is 0 Å². The Hall–Kier alpha value is -2.61. The molecule has 2 N–H and O–H groups in total. The van der Waals surface area contributed by atoms with Gasteiger partial charge in [0.2, 0.25) is 0 Å². The summed E-state index contributed by atoms with van der Waals surface area (Å²) in [6, 6.07) is 5.47. The van der Waals surface area contributed by atoms with Crippen molar-refractivity contribution < 1.29 is 18.3 Å². The van der Waals surface area contributed by atoms with Crippen LogP contribution in [0.1, 0.15) is 41.3 Å². The monoisotopic (exact) mass is 376 g/mol. The minimum atomic E-state index is -3.97. The fourth-order valence-electron chi connectivity index (χ4n) is 3.25. The third-order valence-corrected chi connectivity index (χ3v) is 5.86. The molecule has 0 fully saturated rings. The van der Waals surface area contributed by atoms with Gasteiger partial charge in [-0.2, -0.15) is 0 Å². The first-order valence-corrected chi connectivity index (χ1v) is 9.92. The molecule has 7 nitrogen and oxygen atoms in total. The van der Waals surface area contributed by atoms with Crippen LogP contribution in [-0.2, 0) is 29.4 Å². The highest BCUT2D eigenvalue weighted by molar-refractivity contribution is 7.92. The molecule has 0 saturated carbocycles. The molecule has 2 aromatic rings. The Kier molecular flexibility index (Phi) is 4.86. The Labute approximate surface area is 151 Å². The van der Waals surface area contributed by atoms with Crippen molar-refractivity contribution in [2.45, 2.75) is 44.0 Å². The third kappa shape index (κ3) is 3.50. The largest absolute Gasteiger partial charge is 0.478 e. The predicted octanol–water partition coefficient (Wildman–Crippen LogP) is 2.25. The highest BCUT2D eigenvalue weighted by Gasteiger charge is 2.26. The molecule has 0 saturated heterocycles. The number of sulfonamides is 1. The fraction of sp³-hybridized carbons (Fsp3) is 0.333. The third-order valence-electron chi connectivity index (χ3n) is 4.41. The summed E-state index contributed by atoms with van der Waals surface area (Å²) in [5.41, 5.74) is 1.46. The van der Waals surface area contributed by atoms with E-state index in [9.17, 15) is 23.1 Å². The first-order valence-electron chi connectivity index (χ1n) is 8.44. The summed E-state index contributed by atoms with van der Waals surface area (Å²) >= 11 is 0. The van der Waals surface area contributed by atoms with Crippen LogP contribution in [0, 0.1) is 0 Å². The van der Waals surface area contributed by atoms with E-state index < -0.39 is 16.0 Å². The summed E-state index contributed by atoms with van der Waals surface area (Å²) in [4.78, 5) is 23.1. The fourth-order valence-corrected chi connectivity index (χ4v) is 4.63. The highest BCUT2D eigenvalue weighted by Crippen LogP contribution is 2.31. The normalized spacial score (nSPS) is 13.4. The average molecular weight is 376 g/mol. The van der Waals surface area contributed by atoms with E-state index in [1.54, 1.807) is 6.07 Å². The van der Waals surface area contributed by atoms with Gasteiger partial charge < -0.3 is 9.67 Å². The lowest BCUT2D eigenvalue weighted by Crippen LogP contribution is -2.21. The second-order valence-electron chi connectivity index (χ2n) is 6.33. The number of benzene rings is 1. The molecule has 1 aromatic carbocycles. The zero-order valence-corrected chi connectivity index (χ0v) is 15.2. The number of carboxylic acid groups (broad SMARTS) is 1. The van der Waals surface area contributed by atoms with Gasteiger partial charge in [0.15, 0.2) is 0 Å². The number of hydrogen-bond donors (Lipinski definition) is 2. The van der Waals surface area contributed by atoms with E-state index in [-0.39, 0.29) is 21.7 Å². The second-order valence-corrected chi connectivity index (χ2v) is 7.98. The van der Waals surface area contributed by atoms with Crippen molar-refractivity contribution in [2.75, 3.05) is 4.72 Å². The molecule has 0 radical (unpaired) electrons. The van der Waals surface area contributed by atoms with Gasteiger partial charge in [0.25, 0.3) is 15.6 Å². The van der Waals surface area contributed by atoms with Crippen molar-refractivity contribution >= 4 is 21.7 Å². The molecule has 1 aliphatic carbocycles. The summed E-state index contributed by atoms with van der Waals surface area (Å²) in [5, 5.41) is 9.27. The standard InChI is InChI=1S/C18H20N2O5S/c1-2-8-20-11-14(6-7-17(20)21)19-26(24,25)16-10-13(18(22)23)9-12-4-3-5-15(12)16/h6-7,9-11,19H,2-5,8H2,1H3,(H,22,23). The SMILES string of the molecule is CCCn1cc(NS(=O)(=O)c2cc(C(=O)O)cc3c2CCC3)ccc1=O. The molecule has 0 spiro atoms. The number of nitrogens with one attached hydrogen (secondary N) is 1. The van der Waals surface area contributed by atoms with Crippen molar-refractivity contribution in [1.82, 2.24) is 4.57 Å². The molecule has 0 atom stereocenters. The first kappa shape index (κ1) is 18.2. The maximum absolute atomic E-state index is 12.9. The summed E-state index contributed by atoms with van der Waals surface area (Å²) in [6.07, 6.45) is 4.26. The Morgan fingerprint density at radius 3 is 2.73 bits per heavy atom. The topological polar surface area (TPSA) is 105 Å². The van der Waals surface area contributed by atoms with Gasteiger partial charge in [0.1, 0.15) is 0 Å². The number of carboxylic acids is 1. The van der Waals surface area contributed by atoms with Crippen molar-refractivity contribution in [2.24, 2.45) is 0 Å². The van der Waals surface area contributed by atoms with Crippen LogP contribution in [0.2, 0.25) is 0 Å². The predicted molar refractivity (Wildman–Crippen MR) is 97.2 cm³/mol. The van der Waals surface area contributed by atoms with E-state index in [4.69, 9.17) is 0 Å². The number of anilines is 1. The second kappa shape index (κ2) is 6.95. The summed E-state index contributed by atoms with van der Waals surface area (Å²) in [7, 11) is -3.97. The zero-order chi connectivity index (χ0) is 18.9. The lowest BCUT2D eigenvalue weighted by atomic mass is 10.1. The molecule has 0 bridgehead atoms. The van der Waals surface area contributed by atoms with Crippen LogP contribution in [0.3, 0.4) is 0 Å². The minimum Gasteiger partial charge on any atom is -0.478 e. The minimum absolute atomic E-state index is 0.00172. The van der Waals surface area contributed by atoms with Crippen LogP contribution in [0.25, 0.3) is 0 Å². The quantitative estimate of drug-likeness (QED) is 0.804. The van der Waals surface area contributed by atoms with Gasteiger partial charge in [-0.25, -0.2) is 13.2 Å². The van der Waals surface area contributed by atoms with Crippen molar-refractivity contribution in [1.29, 1.82) is 0 Å².